The second kappa shape index (κ2) is 11.5. The van der Waals surface area contributed by atoms with Crippen LogP contribution in [0.5, 0.6) is 5.75 Å². The lowest BCUT2D eigenvalue weighted by atomic mass is 10.1. The highest BCUT2D eigenvalue weighted by Gasteiger charge is 2.37. The van der Waals surface area contributed by atoms with E-state index in [1.807, 2.05) is 0 Å². The van der Waals surface area contributed by atoms with Gasteiger partial charge in [-0.25, -0.2) is 4.79 Å². The zero-order chi connectivity index (χ0) is 26.7. The maximum Gasteiger partial charge on any atom is 0.345 e. The van der Waals surface area contributed by atoms with Gasteiger partial charge in [0.05, 0.1) is 32.2 Å². The van der Waals surface area contributed by atoms with Gasteiger partial charge in [0.2, 0.25) is 5.91 Å². The van der Waals surface area contributed by atoms with Crippen molar-refractivity contribution in [3.8, 4) is 5.75 Å². The van der Waals surface area contributed by atoms with Gasteiger partial charge in [0.25, 0.3) is 0 Å². The van der Waals surface area contributed by atoms with Gasteiger partial charge in [0, 0.05) is 23.6 Å². The standard InChI is InChI=1S/C26H17Cl4NO6/c27-16-6-9-18(20(29)11-16)26(35)37-17-7-4-14(5-8-17)22(32)13-36-25(34)15-10-23(33)31(12-15)21-3-1-2-19(28)24(21)30/h1-9,11,15H,10,12-13H2/t15-/m1/s1. The molecule has 3 aromatic rings. The van der Waals surface area contributed by atoms with Crippen LogP contribution in [0.25, 0.3) is 0 Å². The number of Topliss-reactive ketones (excluding diaryl/α,β-unsaturated/α-hetero) is 1. The molecular weight excluding hydrogens is 564 g/mol. The third-order valence-electron chi connectivity index (χ3n) is 5.56. The van der Waals surface area contributed by atoms with Crippen molar-refractivity contribution in [2.45, 2.75) is 6.42 Å². The molecule has 11 heteroatoms. The molecule has 4 rings (SSSR count). The number of hydrogen-bond donors (Lipinski definition) is 0. The van der Waals surface area contributed by atoms with Crippen molar-refractivity contribution in [1.29, 1.82) is 0 Å². The molecule has 0 bridgehead atoms. The van der Waals surface area contributed by atoms with Gasteiger partial charge in [-0.1, -0.05) is 52.5 Å². The van der Waals surface area contributed by atoms with E-state index in [1.165, 1.54) is 47.4 Å². The average Bonchev–Trinajstić information content (AvgIpc) is 3.25. The summed E-state index contributed by atoms with van der Waals surface area (Å²) in [5, 5.41) is 1.03. The Bertz CT molecular complexity index is 1390. The molecule has 0 spiro atoms. The van der Waals surface area contributed by atoms with E-state index >= 15 is 0 Å². The first-order valence-corrected chi connectivity index (χ1v) is 12.4. The van der Waals surface area contributed by atoms with E-state index in [0.717, 1.165) is 0 Å². The summed E-state index contributed by atoms with van der Waals surface area (Å²) in [6.07, 6.45) is -0.0758. The highest BCUT2D eigenvalue weighted by Crippen LogP contribution is 2.36. The largest absolute Gasteiger partial charge is 0.457 e. The van der Waals surface area contributed by atoms with Crippen LogP contribution >= 0.6 is 46.4 Å². The van der Waals surface area contributed by atoms with Gasteiger partial charge in [0.15, 0.2) is 12.4 Å². The Kier molecular flexibility index (Phi) is 8.39. The molecule has 0 aliphatic carbocycles. The van der Waals surface area contributed by atoms with Gasteiger partial charge in [-0.15, -0.1) is 0 Å². The number of rotatable bonds is 7. The Morgan fingerprint density at radius 3 is 2.35 bits per heavy atom. The van der Waals surface area contributed by atoms with Crippen LogP contribution in [-0.4, -0.2) is 36.8 Å². The number of anilines is 1. The molecule has 0 unspecified atom stereocenters. The van der Waals surface area contributed by atoms with E-state index in [4.69, 9.17) is 55.9 Å². The first-order chi connectivity index (χ1) is 17.6. The van der Waals surface area contributed by atoms with Crippen LogP contribution in [-0.2, 0) is 14.3 Å². The smallest absolute Gasteiger partial charge is 0.345 e. The van der Waals surface area contributed by atoms with Crippen LogP contribution in [0, 0.1) is 5.92 Å². The summed E-state index contributed by atoms with van der Waals surface area (Å²) in [5.41, 5.74) is 0.788. The van der Waals surface area contributed by atoms with Crippen LogP contribution in [0.1, 0.15) is 27.1 Å². The van der Waals surface area contributed by atoms with E-state index in [0.29, 0.717) is 10.7 Å². The minimum atomic E-state index is -0.753. The molecule has 1 atom stereocenters. The molecule has 0 radical (unpaired) electrons. The third kappa shape index (κ3) is 6.25. The summed E-state index contributed by atoms with van der Waals surface area (Å²) in [6.45, 7) is -0.454. The van der Waals surface area contributed by atoms with E-state index in [9.17, 15) is 19.2 Å². The van der Waals surface area contributed by atoms with Crippen molar-refractivity contribution in [3.05, 3.63) is 91.9 Å². The van der Waals surface area contributed by atoms with Gasteiger partial charge in [0.1, 0.15) is 5.75 Å². The Morgan fingerprint density at radius 1 is 0.919 bits per heavy atom. The summed E-state index contributed by atoms with van der Waals surface area (Å²) in [6, 6.07) is 15.0. The van der Waals surface area contributed by atoms with Crippen molar-refractivity contribution in [1.82, 2.24) is 0 Å². The number of esters is 2. The van der Waals surface area contributed by atoms with Crippen molar-refractivity contribution in [3.63, 3.8) is 0 Å². The first kappa shape index (κ1) is 26.9. The highest BCUT2D eigenvalue weighted by atomic mass is 35.5. The van der Waals surface area contributed by atoms with Gasteiger partial charge < -0.3 is 14.4 Å². The third-order valence-corrected chi connectivity index (χ3v) is 6.92. The number of nitrogens with zero attached hydrogens (tertiary/aromatic N) is 1. The van der Waals surface area contributed by atoms with Crippen LogP contribution in [0.2, 0.25) is 20.1 Å². The topological polar surface area (TPSA) is 90.0 Å². The molecule has 0 N–H and O–H groups in total. The molecule has 0 aromatic heterocycles. The lowest BCUT2D eigenvalue weighted by molar-refractivity contribution is -0.147. The predicted octanol–water partition coefficient (Wildman–Crippen LogP) is 6.30. The van der Waals surface area contributed by atoms with Crippen molar-refractivity contribution in [2.75, 3.05) is 18.1 Å². The van der Waals surface area contributed by atoms with Crippen molar-refractivity contribution >= 4 is 75.7 Å². The Hall–Kier alpha value is -3.10. The fraction of sp³-hybridized carbons (Fsp3) is 0.154. The predicted molar refractivity (Wildman–Crippen MR) is 140 cm³/mol. The van der Waals surface area contributed by atoms with E-state index in [-0.39, 0.29) is 50.8 Å². The Labute approximate surface area is 231 Å². The summed E-state index contributed by atoms with van der Waals surface area (Å²) in [5.74, 6) is -2.69. The Balaban J connectivity index is 1.31. The maximum atomic E-state index is 12.5. The SMILES string of the molecule is O=C(COC(=O)[C@@H]1CC(=O)N(c2cccc(Cl)c2Cl)C1)c1ccc(OC(=O)c2ccc(Cl)cc2Cl)cc1. The van der Waals surface area contributed by atoms with Gasteiger partial charge in [-0.3, -0.25) is 14.4 Å². The molecule has 3 aromatic carbocycles. The molecule has 7 nitrogen and oxygen atoms in total. The molecule has 190 valence electrons. The highest BCUT2D eigenvalue weighted by molar-refractivity contribution is 6.44. The molecule has 1 aliphatic heterocycles. The van der Waals surface area contributed by atoms with Crippen molar-refractivity contribution < 1.29 is 28.7 Å². The zero-order valence-electron chi connectivity index (χ0n) is 18.9. The van der Waals surface area contributed by atoms with E-state index in [1.54, 1.807) is 18.2 Å². The molecular formula is C26H17Cl4NO6. The van der Waals surface area contributed by atoms with E-state index in [2.05, 4.69) is 0 Å². The number of amides is 1. The lowest BCUT2D eigenvalue weighted by Gasteiger charge is -2.18. The van der Waals surface area contributed by atoms with Gasteiger partial charge in [-0.05, 0) is 54.6 Å². The normalized spacial score (nSPS) is 15.0. The lowest BCUT2D eigenvalue weighted by Crippen LogP contribution is -2.27. The number of ketones is 1. The monoisotopic (exact) mass is 579 g/mol. The fourth-order valence-electron chi connectivity index (χ4n) is 3.66. The number of halogens is 4. The summed E-state index contributed by atoms with van der Waals surface area (Å²) < 4.78 is 10.4. The Morgan fingerprint density at radius 2 is 1.65 bits per heavy atom. The molecule has 37 heavy (non-hydrogen) atoms. The molecule has 1 amide bonds. The first-order valence-electron chi connectivity index (χ1n) is 10.9. The number of ether oxygens (including phenoxy) is 2. The summed E-state index contributed by atoms with van der Waals surface area (Å²) in [7, 11) is 0. The number of benzene rings is 3. The number of carbonyl (C=O) groups excluding carboxylic acids is 4. The molecule has 1 saturated heterocycles. The maximum absolute atomic E-state index is 12.5. The molecule has 1 aliphatic rings. The van der Waals surface area contributed by atoms with E-state index < -0.39 is 30.2 Å². The zero-order valence-corrected chi connectivity index (χ0v) is 21.9. The van der Waals surface area contributed by atoms with Crippen LogP contribution in [0.3, 0.4) is 0 Å². The quantitative estimate of drug-likeness (QED) is 0.185. The average molecular weight is 581 g/mol. The molecule has 1 heterocycles. The second-order valence-corrected chi connectivity index (χ2v) is 9.68. The molecule has 0 saturated carbocycles. The number of carbonyl (C=O) groups is 4. The number of hydrogen-bond acceptors (Lipinski definition) is 6. The summed E-state index contributed by atoms with van der Waals surface area (Å²) in [4.78, 5) is 51.2. The van der Waals surface area contributed by atoms with Gasteiger partial charge >= 0.3 is 11.9 Å². The minimum Gasteiger partial charge on any atom is -0.457 e. The van der Waals surface area contributed by atoms with Gasteiger partial charge in [-0.2, -0.15) is 0 Å². The summed E-state index contributed by atoms with van der Waals surface area (Å²) >= 11 is 24.1. The molecule has 1 fully saturated rings. The second-order valence-electron chi connectivity index (χ2n) is 8.05. The van der Waals surface area contributed by atoms with Crippen LogP contribution in [0.4, 0.5) is 5.69 Å². The van der Waals surface area contributed by atoms with Crippen LogP contribution in [0.15, 0.2) is 60.7 Å². The minimum absolute atomic E-state index is 0.0591. The van der Waals surface area contributed by atoms with Crippen molar-refractivity contribution in [2.24, 2.45) is 5.92 Å². The fourth-order valence-corrected chi connectivity index (χ4v) is 4.55. The van der Waals surface area contributed by atoms with Crippen LogP contribution < -0.4 is 9.64 Å².